The lowest BCUT2D eigenvalue weighted by molar-refractivity contribution is -0.143. The van der Waals surface area contributed by atoms with Crippen LogP contribution in [0.5, 0.6) is 0 Å². The molecule has 3 unspecified atom stereocenters. The van der Waals surface area contributed by atoms with Crippen LogP contribution in [0, 0.1) is 5.92 Å². The van der Waals surface area contributed by atoms with Crippen molar-refractivity contribution in [1.82, 2.24) is 5.32 Å². The molecular formula is C12H23NO2. The van der Waals surface area contributed by atoms with Gasteiger partial charge in [-0.1, -0.05) is 26.7 Å². The van der Waals surface area contributed by atoms with Crippen molar-refractivity contribution in [2.24, 2.45) is 5.92 Å². The van der Waals surface area contributed by atoms with Crippen LogP contribution in [0.25, 0.3) is 0 Å². The number of nitrogens with one attached hydrogen (secondary N) is 1. The molecule has 3 heteroatoms. The van der Waals surface area contributed by atoms with E-state index < -0.39 is 0 Å². The first kappa shape index (κ1) is 12.5. The topological polar surface area (TPSA) is 38.3 Å². The highest BCUT2D eigenvalue weighted by Gasteiger charge is 2.24. The fourth-order valence-electron chi connectivity index (χ4n) is 2.36. The monoisotopic (exact) mass is 213 g/mol. The van der Waals surface area contributed by atoms with Gasteiger partial charge in [0.2, 0.25) is 0 Å². The van der Waals surface area contributed by atoms with Gasteiger partial charge in [-0.3, -0.25) is 4.79 Å². The van der Waals surface area contributed by atoms with Crippen molar-refractivity contribution in [3.63, 3.8) is 0 Å². The van der Waals surface area contributed by atoms with E-state index in [2.05, 4.69) is 12.2 Å². The molecular weight excluding hydrogens is 190 g/mol. The van der Waals surface area contributed by atoms with Crippen molar-refractivity contribution < 1.29 is 9.53 Å². The smallest absolute Gasteiger partial charge is 0.322 e. The molecule has 1 N–H and O–H groups in total. The molecule has 15 heavy (non-hydrogen) atoms. The number of hydrogen-bond acceptors (Lipinski definition) is 3. The van der Waals surface area contributed by atoms with Gasteiger partial charge in [0.1, 0.15) is 6.04 Å². The average molecular weight is 213 g/mol. The summed E-state index contributed by atoms with van der Waals surface area (Å²) in [7, 11) is 1.45. The molecule has 88 valence electrons. The van der Waals surface area contributed by atoms with Gasteiger partial charge in [-0.25, -0.2) is 0 Å². The zero-order valence-electron chi connectivity index (χ0n) is 10.1. The molecule has 1 aliphatic carbocycles. The zero-order chi connectivity index (χ0) is 11.3. The fraction of sp³-hybridized carbons (Fsp3) is 0.917. The Labute approximate surface area is 92.6 Å². The Hall–Kier alpha value is -0.570. The summed E-state index contributed by atoms with van der Waals surface area (Å²) in [5, 5.41) is 3.41. The number of ether oxygens (including phenoxy) is 1. The van der Waals surface area contributed by atoms with E-state index in [1.54, 1.807) is 0 Å². The maximum atomic E-state index is 11.4. The van der Waals surface area contributed by atoms with Gasteiger partial charge < -0.3 is 10.1 Å². The molecule has 3 atom stereocenters. The third-order valence-electron chi connectivity index (χ3n) is 3.27. The van der Waals surface area contributed by atoms with Crippen LogP contribution in [0.1, 0.15) is 46.0 Å². The molecule has 0 radical (unpaired) electrons. The largest absolute Gasteiger partial charge is 0.468 e. The summed E-state index contributed by atoms with van der Waals surface area (Å²) in [6.07, 6.45) is 5.78. The Kier molecular flexibility index (Phi) is 5.09. The van der Waals surface area contributed by atoms with Gasteiger partial charge in [-0.2, -0.15) is 0 Å². The van der Waals surface area contributed by atoms with E-state index >= 15 is 0 Å². The fourth-order valence-corrected chi connectivity index (χ4v) is 2.36. The molecule has 0 spiro atoms. The van der Waals surface area contributed by atoms with Crippen molar-refractivity contribution in [3.05, 3.63) is 0 Å². The Morgan fingerprint density at radius 1 is 1.53 bits per heavy atom. The molecule has 0 amide bonds. The van der Waals surface area contributed by atoms with E-state index in [1.165, 1.54) is 32.8 Å². The van der Waals surface area contributed by atoms with Crippen molar-refractivity contribution in [2.45, 2.75) is 58.0 Å². The normalized spacial score (nSPS) is 28.5. The molecule has 1 saturated carbocycles. The number of rotatable bonds is 4. The predicted octanol–water partition coefficient (Wildman–Crippen LogP) is 2.11. The van der Waals surface area contributed by atoms with E-state index in [-0.39, 0.29) is 12.0 Å². The van der Waals surface area contributed by atoms with Crippen LogP contribution in [-0.2, 0) is 9.53 Å². The second-order valence-electron chi connectivity index (χ2n) is 4.62. The lowest BCUT2D eigenvalue weighted by Gasteiger charge is -2.30. The predicted molar refractivity (Wildman–Crippen MR) is 60.7 cm³/mol. The van der Waals surface area contributed by atoms with Gasteiger partial charge in [0.05, 0.1) is 7.11 Å². The third kappa shape index (κ3) is 3.82. The Bertz CT molecular complexity index is 206. The summed E-state index contributed by atoms with van der Waals surface area (Å²) < 4.78 is 4.77. The quantitative estimate of drug-likeness (QED) is 0.727. The first-order chi connectivity index (χ1) is 7.17. The van der Waals surface area contributed by atoms with Crippen molar-refractivity contribution in [2.75, 3.05) is 7.11 Å². The van der Waals surface area contributed by atoms with E-state index in [4.69, 9.17) is 4.74 Å². The molecule has 1 rings (SSSR count). The molecule has 3 nitrogen and oxygen atoms in total. The summed E-state index contributed by atoms with van der Waals surface area (Å²) in [5.74, 6) is 0.655. The highest BCUT2D eigenvalue weighted by atomic mass is 16.5. The van der Waals surface area contributed by atoms with Crippen molar-refractivity contribution >= 4 is 5.97 Å². The minimum absolute atomic E-state index is 0.120. The molecule has 0 heterocycles. The van der Waals surface area contributed by atoms with Crippen molar-refractivity contribution in [1.29, 1.82) is 0 Å². The molecule has 0 bridgehead atoms. The molecule has 1 aliphatic rings. The number of carbonyl (C=O) groups excluding carboxylic acids is 1. The lowest BCUT2D eigenvalue weighted by atomic mass is 9.86. The van der Waals surface area contributed by atoms with Gasteiger partial charge in [0, 0.05) is 6.04 Å². The summed E-state index contributed by atoms with van der Waals surface area (Å²) >= 11 is 0. The SMILES string of the molecule is CCC(NC1CCCC(C)C1)C(=O)OC. The van der Waals surface area contributed by atoms with Gasteiger partial charge in [-0.15, -0.1) is 0 Å². The summed E-state index contributed by atoms with van der Waals surface area (Å²) in [5.41, 5.74) is 0. The minimum Gasteiger partial charge on any atom is -0.468 e. The second-order valence-corrected chi connectivity index (χ2v) is 4.62. The molecule has 1 fully saturated rings. The van der Waals surface area contributed by atoms with Crippen LogP contribution in [0.15, 0.2) is 0 Å². The molecule has 0 aromatic rings. The maximum Gasteiger partial charge on any atom is 0.322 e. The minimum atomic E-state index is -0.129. The van der Waals surface area contributed by atoms with Crippen LogP contribution in [-0.4, -0.2) is 25.2 Å². The highest BCUT2D eigenvalue weighted by Crippen LogP contribution is 2.24. The van der Waals surface area contributed by atoms with E-state index in [9.17, 15) is 4.79 Å². The van der Waals surface area contributed by atoms with Crippen LogP contribution in [0.2, 0.25) is 0 Å². The Balaban J connectivity index is 2.40. The summed E-state index contributed by atoms with van der Waals surface area (Å²) in [4.78, 5) is 11.4. The number of methoxy groups -OCH3 is 1. The zero-order valence-corrected chi connectivity index (χ0v) is 10.1. The molecule has 0 aliphatic heterocycles. The highest BCUT2D eigenvalue weighted by molar-refractivity contribution is 5.75. The van der Waals surface area contributed by atoms with Crippen LogP contribution >= 0.6 is 0 Å². The molecule has 0 aromatic carbocycles. The number of carbonyl (C=O) groups is 1. The second kappa shape index (κ2) is 6.11. The van der Waals surface area contributed by atoms with Crippen LogP contribution < -0.4 is 5.32 Å². The van der Waals surface area contributed by atoms with Gasteiger partial charge >= 0.3 is 5.97 Å². The van der Waals surface area contributed by atoms with Crippen LogP contribution in [0.3, 0.4) is 0 Å². The number of esters is 1. The maximum absolute atomic E-state index is 11.4. The van der Waals surface area contributed by atoms with Gasteiger partial charge in [0.25, 0.3) is 0 Å². The molecule has 0 saturated heterocycles. The first-order valence-corrected chi connectivity index (χ1v) is 6.01. The van der Waals surface area contributed by atoms with Crippen LogP contribution in [0.4, 0.5) is 0 Å². The van der Waals surface area contributed by atoms with Gasteiger partial charge in [0.15, 0.2) is 0 Å². The van der Waals surface area contributed by atoms with E-state index in [0.29, 0.717) is 6.04 Å². The van der Waals surface area contributed by atoms with Crippen molar-refractivity contribution in [3.8, 4) is 0 Å². The summed E-state index contributed by atoms with van der Waals surface area (Å²) in [6.45, 7) is 4.30. The lowest BCUT2D eigenvalue weighted by Crippen LogP contribution is -2.45. The van der Waals surface area contributed by atoms with Gasteiger partial charge in [-0.05, 0) is 25.2 Å². The Morgan fingerprint density at radius 3 is 2.80 bits per heavy atom. The Morgan fingerprint density at radius 2 is 2.27 bits per heavy atom. The van der Waals surface area contributed by atoms with E-state index in [1.807, 2.05) is 6.92 Å². The average Bonchev–Trinajstić information content (AvgIpc) is 2.25. The first-order valence-electron chi connectivity index (χ1n) is 6.01. The third-order valence-corrected chi connectivity index (χ3v) is 3.27. The number of hydrogen-bond donors (Lipinski definition) is 1. The standard InChI is InChI=1S/C12H23NO2/c1-4-11(12(14)15-3)13-10-7-5-6-9(2)8-10/h9-11,13H,4-8H2,1-3H3. The molecule has 0 aromatic heterocycles. The summed E-state index contributed by atoms with van der Waals surface area (Å²) in [6, 6.07) is 0.378. The van der Waals surface area contributed by atoms with E-state index in [0.717, 1.165) is 12.3 Å².